The van der Waals surface area contributed by atoms with Crippen molar-refractivity contribution in [1.29, 1.82) is 0 Å². The van der Waals surface area contributed by atoms with Crippen molar-refractivity contribution in [2.45, 2.75) is 13.0 Å². The Bertz CT molecular complexity index is 1130. The number of azo groups is 1. The van der Waals surface area contributed by atoms with Crippen molar-refractivity contribution in [2.75, 3.05) is 0 Å². The van der Waals surface area contributed by atoms with Crippen LogP contribution in [0.25, 0.3) is 0 Å². The Kier molecular flexibility index (Phi) is 7.26. The molecule has 0 aromatic heterocycles. The van der Waals surface area contributed by atoms with Gasteiger partial charge >= 0.3 is 5.97 Å². The number of carbonyl (C=O) groups is 3. The summed E-state index contributed by atoms with van der Waals surface area (Å²) >= 11 is 0. The van der Waals surface area contributed by atoms with Crippen LogP contribution in [0.1, 0.15) is 27.6 Å². The van der Waals surface area contributed by atoms with Gasteiger partial charge in [-0.25, -0.2) is 4.79 Å². The molecule has 0 saturated heterocycles. The molecule has 3 rings (SSSR count). The maximum atomic E-state index is 12.6. The van der Waals surface area contributed by atoms with E-state index in [1.54, 1.807) is 60.7 Å². The minimum atomic E-state index is -1.18. The van der Waals surface area contributed by atoms with Crippen molar-refractivity contribution in [3.05, 3.63) is 90.0 Å². The molecular formula is C23H20N4O5. The van der Waals surface area contributed by atoms with Crippen LogP contribution >= 0.6 is 0 Å². The number of hydrazine groups is 1. The maximum absolute atomic E-state index is 12.6. The summed E-state index contributed by atoms with van der Waals surface area (Å²) in [6.45, 7) is 1.38. The first-order chi connectivity index (χ1) is 15.4. The molecule has 3 aromatic carbocycles. The third-order valence-electron chi connectivity index (χ3n) is 4.24. The van der Waals surface area contributed by atoms with Gasteiger partial charge in [0, 0.05) is 5.56 Å². The average molecular weight is 432 g/mol. The van der Waals surface area contributed by atoms with E-state index in [2.05, 4.69) is 21.1 Å². The topological polar surface area (TPSA) is 129 Å². The van der Waals surface area contributed by atoms with Crippen molar-refractivity contribution in [3.8, 4) is 5.75 Å². The molecule has 3 aromatic rings. The Morgan fingerprint density at radius 3 is 2.22 bits per heavy atom. The van der Waals surface area contributed by atoms with Crippen LogP contribution in [-0.2, 0) is 9.53 Å². The lowest BCUT2D eigenvalue weighted by Crippen LogP contribution is -2.46. The number of aromatic hydroxyl groups is 1. The minimum absolute atomic E-state index is 0.0974. The van der Waals surface area contributed by atoms with E-state index >= 15 is 0 Å². The second-order valence-electron chi connectivity index (χ2n) is 6.59. The molecule has 0 bridgehead atoms. The van der Waals surface area contributed by atoms with Crippen LogP contribution in [-0.4, -0.2) is 29.0 Å². The lowest BCUT2D eigenvalue weighted by atomic mass is 10.2. The lowest BCUT2D eigenvalue weighted by molar-refractivity contribution is -0.129. The highest BCUT2D eigenvalue weighted by Gasteiger charge is 2.21. The molecule has 0 unspecified atom stereocenters. The van der Waals surface area contributed by atoms with Crippen LogP contribution in [0, 0.1) is 0 Å². The third kappa shape index (κ3) is 5.99. The third-order valence-corrected chi connectivity index (χ3v) is 4.24. The highest BCUT2D eigenvalue weighted by molar-refractivity contribution is 5.98. The molecule has 1 atom stereocenters. The van der Waals surface area contributed by atoms with Gasteiger partial charge in [-0.15, -0.1) is 5.11 Å². The van der Waals surface area contributed by atoms with Gasteiger partial charge in [0.25, 0.3) is 11.8 Å². The van der Waals surface area contributed by atoms with Gasteiger partial charge in [0.15, 0.2) is 6.10 Å². The van der Waals surface area contributed by atoms with E-state index in [0.29, 0.717) is 11.3 Å². The number of nitrogens with zero attached hydrogens (tertiary/aromatic N) is 2. The Hall–Kier alpha value is -4.53. The number of rotatable bonds is 6. The zero-order valence-electron chi connectivity index (χ0n) is 17.1. The maximum Gasteiger partial charge on any atom is 0.341 e. The number of nitrogens with one attached hydrogen (secondary N) is 2. The van der Waals surface area contributed by atoms with E-state index in [9.17, 15) is 19.5 Å². The summed E-state index contributed by atoms with van der Waals surface area (Å²) in [6, 6.07) is 20.8. The van der Waals surface area contributed by atoms with Gasteiger partial charge < -0.3 is 9.84 Å². The van der Waals surface area contributed by atoms with Gasteiger partial charge in [-0.2, -0.15) is 5.11 Å². The highest BCUT2D eigenvalue weighted by atomic mass is 16.5. The molecule has 0 aliphatic carbocycles. The second kappa shape index (κ2) is 10.5. The number of carbonyl (C=O) groups excluding carboxylic acids is 3. The van der Waals surface area contributed by atoms with E-state index in [0.717, 1.165) is 0 Å². The van der Waals surface area contributed by atoms with Crippen molar-refractivity contribution < 1.29 is 24.2 Å². The van der Waals surface area contributed by atoms with Crippen LogP contribution in [0.3, 0.4) is 0 Å². The van der Waals surface area contributed by atoms with Gasteiger partial charge in [-0.3, -0.25) is 20.4 Å². The Morgan fingerprint density at radius 2 is 1.50 bits per heavy atom. The van der Waals surface area contributed by atoms with Gasteiger partial charge in [0.1, 0.15) is 11.4 Å². The highest BCUT2D eigenvalue weighted by Crippen LogP contribution is 2.24. The molecule has 3 N–H and O–H groups in total. The minimum Gasteiger partial charge on any atom is -0.508 e. The largest absolute Gasteiger partial charge is 0.508 e. The Balaban J connectivity index is 1.60. The fraction of sp³-hybridized carbons (Fsp3) is 0.0870. The quantitative estimate of drug-likeness (QED) is 0.310. The van der Waals surface area contributed by atoms with Gasteiger partial charge in [0.2, 0.25) is 0 Å². The smallest absolute Gasteiger partial charge is 0.341 e. The first-order valence-electron chi connectivity index (χ1n) is 9.60. The number of phenols is 1. The summed E-state index contributed by atoms with van der Waals surface area (Å²) in [7, 11) is 0. The summed E-state index contributed by atoms with van der Waals surface area (Å²) in [5.74, 6) is -1.88. The van der Waals surface area contributed by atoms with E-state index in [1.165, 1.54) is 25.1 Å². The van der Waals surface area contributed by atoms with E-state index in [-0.39, 0.29) is 17.0 Å². The number of hydrogen-bond acceptors (Lipinski definition) is 7. The summed E-state index contributed by atoms with van der Waals surface area (Å²) in [5, 5.41) is 17.4. The summed E-state index contributed by atoms with van der Waals surface area (Å²) in [4.78, 5) is 36.8. The summed E-state index contributed by atoms with van der Waals surface area (Å²) in [5.41, 5.74) is 5.70. The molecule has 0 spiro atoms. The molecular weight excluding hydrogens is 412 g/mol. The van der Waals surface area contributed by atoms with Gasteiger partial charge in [-0.05, 0) is 55.5 Å². The molecule has 0 fully saturated rings. The molecule has 0 heterocycles. The van der Waals surface area contributed by atoms with Crippen LogP contribution < -0.4 is 10.9 Å². The number of benzene rings is 3. The number of esters is 1. The zero-order valence-corrected chi connectivity index (χ0v) is 17.1. The normalized spacial score (nSPS) is 11.5. The number of hydrogen-bond donors (Lipinski definition) is 3. The van der Waals surface area contributed by atoms with Crippen molar-refractivity contribution in [3.63, 3.8) is 0 Å². The molecule has 9 nitrogen and oxygen atoms in total. The monoisotopic (exact) mass is 432 g/mol. The SMILES string of the molecule is C[C@@H](OC(=O)c1ccccc1N=Nc1ccc(O)cc1)C(=O)NNC(=O)c1ccccc1. The van der Waals surface area contributed by atoms with Gasteiger partial charge in [-0.1, -0.05) is 30.3 Å². The number of ether oxygens (including phenoxy) is 1. The molecule has 0 aliphatic heterocycles. The van der Waals surface area contributed by atoms with Crippen LogP contribution in [0.4, 0.5) is 11.4 Å². The lowest BCUT2D eigenvalue weighted by Gasteiger charge is -2.14. The zero-order chi connectivity index (χ0) is 22.9. The fourth-order valence-corrected chi connectivity index (χ4v) is 2.52. The summed E-state index contributed by atoms with van der Waals surface area (Å²) < 4.78 is 5.21. The van der Waals surface area contributed by atoms with Crippen molar-refractivity contribution >= 4 is 29.2 Å². The fourth-order valence-electron chi connectivity index (χ4n) is 2.52. The average Bonchev–Trinajstić information content (AvgIpc) is 2.82. The second-order valence-corrected chi connectivity index (χ2v) is 6.59. The molecule has 0 radical (unpaired) electrons. The van der Waals surface area contributed by atoms with Crippen molar-refractivity contribution in [1.82, 2.24) is 10.9 Å². The van der Waals surface area contributed by atoms with E-state index < -0.39 is 23.9 Å². The molecule has 0 saturated carbocycles. The first kappa shape index (κ1) is 22.2. The molecule has 9 heteroatoms. The first-order valence-corrected chi connectivity index (χ1v) is 9.60. The predicted octanol–water partition coefficient (Wildman–Crippen LogP) is 3.81. The van der Waals surface area contributed by atoms with Crippen LogP contribution in [0.5, 0.6) is 5.75 Å². The van der Waals surface area contributed by atoms with Crippen molar-refractivity contribution in [2.24, 2.45) is 10.2 Å². The Morgan fingerprint density at radius 1 is 0.844 bits per heavy atom. The van der Waals surface area contributed by atoms with Crippen LogP contribution in [0.15, 0.2) is 89.1 Å². The number of amides is 2. The Labute approximate surface area is 183 Å². The number of phenolic OH excluding ortho intramolecular Hbond substituents is 1. The molecule has 2 amide bonds. The predicted molar refractivity (Wildman–Crippen MR) is 116 cm³/mol. The molecule has 0 aliphatic rings. The standard InChI is InChI=1S/C23H20N4O5/c1-15(21(29)26-27-22(30)16-7-3-2-4-8-16)32-23(31)19-9-5-6-10-20(19)25-24-17-11-13-18(28)14-12-17/h2-15,28H,1H3,(H,26,29)(H,27,30)/t15-/m1/s1. The van der Waals surface area contributed by atoms with E-state index in [4.69, 9.17) is 4.74 Å². The van der Waals surface area contributed by atoms with Gasteiger partial charge in [0.05, 0.1) is 11.3 Å². The molecule has 32 heavy (non-hydrogen) atoms. The molecule has 162 valence electrons. The van der Waals surface area contributed by atoms with E-state index in [1.807, 2.05) is 0 Å². The summed E-state index contributed by atoms with van der Waals surface area (Å²) in [6.07, 6.45) is -1.18. The van der Waals surface area contributed by atoms with Crippen LogP contribution in [0.2, 0.25) is 0 Å².